The lowest BCUT2D eigenvalue weighted by Gasteiger charge is -2.49. The Morgan fingerprint density at radius 2 is 1.62 bits per heavy atom. The van der Waals surface area contributed by atoms with Crippen LogP contribution in [0.3, 0.4) is 0 Å². The highest BCUT2D eigenvalue weighted by atomic mass is 32.1. The highest BCUT2D eigenvalue weighted by molar-refractivity contribution is 7.80. The SMILES string of the molecule is C[C@]1(O)C(O)C(O)OC(CO)[C@H]1O[C@@H]1OC(CS)[C@H](O)C(O)C1O. The van der Waals surface area contributed by atoms with Crippen LogP contribution < -0.4 is 0 Å². The first-order valence-corrected chi connectivity index (χ1v) is 8.09. The van der Waals surface area contributed by atoms with Gasteiger partial charge in [-0.25, -0.2) is 0 Å². The van der Waals surface area contributed by atoms with Gasteiger partial charge in [0.1, 0.15) is 42.2 Å². The normalized spacial score (nSPS) is 53.1. The quantitative estimate of drug-likeness (QED) is 0.227. The summed E-state index contributed by atoms with van der Waals surface area (Å²) in [6.07, 6.45) is -13.2. The standard InChI is InChI=1S/C13H24O10S/c1-13(20)9(18)11(19)21-4(2-14)10(13)23-12-8(17)7(16)6(15)5(3-24)22-12/h4-12,14-20,24H,2-3H2,1H3/t4?,5?,6-,7?,8?,9?,10+,11?,12-,13-/m0/s1. The molecular formula is C13H24O10S. The van der Waals surface area contributed by atoms with Gasteiger partial charge in [0.25, 0.3) is 0 Å². The Morgan fingerprint density at radius 1 is 1.00 bits per heavy atom. The summed E-state index contributed by atoms with van der Waals surface area (Å²) in [4.78, 5) is 0. The van der Waals surface area contributed by atoms with E-state index in [9.17, 15) is 35.7 Å². The van der Waals surface area contributed by atoms with Crippen LogP contribution in [-0.4, -0.2) is 109 Å². The zero-order valence-electron chi connectivity index (χ0n) is 12.9. The molecule has 2 rings (SSSR count). The molecule has 0 aromatic carbocycles. The minimum absolute atomic E-state index is 0.0210. The van der Waals surface area contributed by atoms with Gasteiger partial charge in [-0.3, -0.25) is 0 Å². The first-order valence-electron chi connectivity index (χ1n) is 7.46. The Morgan fingerprint density at radius 3 is 2.17 bits per heavy atom. The monoisotopic (exact) mass is 372 g/mol. The summed E-state index contributed by atoms with van der Waals surface area (Å²) >= 11 is 3.98. The molecule has 2 aliphatic heterocycles. The van der Waals surface area contributed by atoms with Crippen molar-refractivity contribution in [1.29, 1.82) is 0 Å². The fourth-order valence-electron chi connectivity index (χ4n) is 2.85. The number of hydrogen-bond donors (Lipinski definition) is 8. The molecule has 0 amide bonds. The third-order valence-corrected chi connectivity index (χ3v) is 4.77. The smallest absolute Gasteiger partial charge is 0.187 e. The van der Waals surface area contributed by atoms with Gasteiger partial charge in [0.2, 0.25) is 0 Å². The predicted octanol–water partition coefficient (Wildman–Crippen LogP) is -4.07. The third kappa shape index (κ3) is 3.57. The second-order valence-corrected chi connectivity index (χ2v) is 6.54. The minimum atomic E-state index is -2.05. The zero-order valence-corrected chi connectivity index (χ0v) is 13.8. The van der Waals surface area contributed by atoms with Crippen molar-refractivity contribution >= 4 is 12.6 Å². The maximum Gasteiger partial charge on any atom is 0.187 e. The van der Waals surface area contributed by atoms with E-state index in [1.54, 1.807) is 0 Å². The summed E-state index contributed by atoms with van der Waals surface area (Å²) in [6, 6.07) is 0. The van der Waals surface area contributed by atoms with E-state index in [1.807, 2.05) is 0 Å². The molecule has 0 spiro atoms. The first kappa shape index (κ1) is 20.3. The summed E-state index contributed by atoms with van der Waals surface area (Å²) in [6.45, 7) is 0.502. The molecule has 24 heavy (non-hydrogen) atoms. The molecule has 0 bridgehead atoms. The highest BCUT2D eigenvalue weighted by Crippen LogP contribution is 2.34. The molecule has 10 nitrogen and oxygen atoms in total. The van der Waals surface area contributed by atoms with Gasteiger partial charge in [0, 0.05) is 5.75 Å². The molecule has 6 unspecified atom stereocenters. The van der Waals surface area contributed by atoms with Crippen LogP contribution in [0.1, 0.15) is 6.92 Å². The van der Waals surface area contributed by atoms with Crippen LogP contribution >= 0.6 is 12.6 Å². The molecule has 2 fully saturated rings. The number of rotatable bonds is 4. The molecule has 11 heteroatoms. The van der Waals surface area contributed by atoms with Gasteiger partial charge in [0.15, 0.2) is 12.6 Å². The van der Waals surface area contributed by atoms with Gasteiger partial charge in [-0.2, -0.15) is 12.6 Å². The molecule has 2 aliphatic rings. The van der Waals surface area contributed by atoms with E-state index in [0.29, 0.717) is 0 Å². The summed E-state index contributed by atoms with van der Waals surface area (Å²) in [5.74, 6) is 0.0210. The van der Waals surface area contributed by atoms with Crippen LogP contribution in [0, 0.1) is 0 Å². The van der Waals surface area contributed by atoms with Crippen molar-refractivity contribution in [3.05, 3.63) is 0 Å². The number of thiol groups is 1. The molecule has 0 aromatic rings. The predicted molar refractivity (Wildman–Crippen MR) is 80.0 cm³/mol. The van der Waals surface area contributed by atoms with Gasteiger partial charge < -0.3 is 50.0 Å². The molecule has 142 valence electrons. The van der Waals surface area contributed by atoms with Crippen LogP contribution in [0.25, 0.3) is 0 Å². The Bertz CT molecular complexity index is 422. The van der Waals surface area contributed by atoms with E-state index in [2.05, 4.69) is 12.6 Å². The van der Waals surface area contributed by atoms with E-state index in [-0.39, 0.29) is 5.75 Å². The van der Waals surface area contributed by atoms with E-state index < -0.39 is 67.5 Å². The van der Waals surface area contributed by atoms with E-state index in [4.69, 9.17) is 14.2 Å². The highest BCUT2D eigenvalue weighted by Gasteiger charge is 2.55. The zero-order chi connectivity index (χ0) is 18.2. The molecule has 2 saturated heterocycles. The van der Waals surface area contributed by atoms with Crippen LogP contribution in [0.5, 0.6) is 0 Å². The van der Waals surface area contributed by atoms with Gasteiger partial charge in [-0.1, -0.05) is 0 Å². The van der Waals surface area contributed by atoms with Crippen molar-refractivity contribution in [3.8, 4) is 0 Å². The van der Waals surface area contributed by atoms with Gasteiger partial charge in [-0.05, 0) is 6.92 Å². The second-order valence-electron chi connectivity index (χ2n) is 6.17. The summed E-state index contributed by atoms with van der Waals surface area (Å²) < 4.78 is 15.8. The maximum absolute atomic E-state index is 10.4. The Labute approximate surface area is 143 Å². The summed E-state index contributed by atoms with van der Waals surface area (Å²) in [5.41, 5.74) is -2.05. The van der Waals surface area contributed by atoms with Crippen molar-refractivity contribution in [3.63, 3.8) is 0 Å². The van der Waals surface area contributed by atoms with Crippen molar-refractivity contribution in [2.24, 2.45) is 0 Å². The van der Waals surface area contributed by atoms with E-state index in [0.717, 1.165) is 6.92 Å². The number of hydrogen-bond acceptors (Lipinski definition) is 11. The average Bonchev–Trinajstić information content (AvgIpc) is 2.55. The van der Waals surface area contributed by atoms with Crippen LogP contribution in [-0.2, 0) is 14.2 Å². The van der Waals surface area contributed by atoms with E-state index in [1.165, 1.54) is 0 Å². The van der Waals surface area contributed by atoms with Crippen LogP contribution in [0.4, 0.5) is 0 Å². The van der Waals surface area contributed by atoms with E-state index >= 15 is 0 Å². The molecular weight excluding hydrogens is 348 g/mol. The van der Waals surface area contributed by atoms with Crippen molar-refractivity contribution in [2.75, 3.05) is 12.4 Å². The summed E-state index contributed by atoms with van der Waals surface area (Å²) in [7, 11) is 0. The third-order valence-electron chi connectivity index (χ3n) is 4.41. The lowest BCUT2D eigenvalue weighted by Crippen LogP contribution is -2.68. The average molecular weight is 372 g/mol. The van der Waals surface area contributed by atoms with Gasteiger partial charge in [0.05, 0.1) is 12.7 Å². The van der Waals surface area contributed by atoms with Crippen molar-refractivity contribution in [1.82, 2.24) is 0 Å². The van der Waals surface area contributed by atoms with Crippen molar-refractivity contribution in [2.45, 2.75) is 67.8 Å². The molecule has 7 N–H and O–H groups in total. The Kier molecular flexibility index (Phi) is 6.48. The second kappa shape index (κ2) is 7.68. The first-order chi connectivity index (χ1) is 11.1. The lowest BCUT2D eigenvalue weighted by atomic mass is 9.85. The molecule has 10 atom stereocenters. The largest absolute Gasteiger partial charge is 0.394 e. The van der Waals surface area contributed by atoms with Crippen LogP contribution in [0.15, 0.2) is 0 Å². The minimum Gasteiger partial charge on any atom is -0.394 e. The van der Waals surface area contributed by atoms with Gasteiger partial charge in [-0.15, -0.1) is 0 Å². The number of ether oxygens (including phenoxy) is 3. The fourth-order valence-corrected chi connectivity index (χ4v) is 3.15. The molecule has 2 heterocycles. The van der Waals surface area contributed by atoms with Crippen LogP contribution in [0.2, 0.25) is 0 Å². The molecule has 0 saturated carbocycles. The summed E-state index contributed by atoms with van der Waals surface area (Å²) in [5, 5.41) is 69.0. The lowest BCUT2D eigenvalue weighted by molar-refractivity contribution is -0.370. The van der Waals surface area contributed by atoms with Crippen molar-refractivity contribution < 1.29 is 50.0 Å². The fraction of sp³-hybridized carbons (Fsp3) is 1.00. The maximum atomic E-state index is 10.4. The Balaban J connectivity index is 2.20. The molecule has 0 aliphatic carbocycles. The number of aliphatic hydroxyl groups is 7. The topological polar surface area (TPSA) is 169 Å². The molecule has 0 aromatic heterocycles. The number of aliphatic hydroxyl groups excluding tert-OH is 6. The molecule has 0 radical (unpaired) electrons. The van der Waals surface area contributed by atoms with Gasteiger partial charge >= 0.3 is 0 Å². The Hall–Kier alpha value is -0.0500.